The maximum absolute atomic E-state index is 12.4. The predicted molar refractivity (Wildman–Crippen MR) is 99.0 cm³/mol. The average molecular weight is 436 g/mol. The van der Waals surface area contributed by atoms with Crippen LogP contribution in [0.2, 0.25) is 0 Å². The fraction of sp³-hybridized carbons (Fsp3) is 0.857. The highest BCUT2D eigenvalue weighted by Crippen LogP contribution is 2.86. The quantitative estimate of drug-likeness (QED) is 0.445. The van der Waals surface area contributed by atoms with Gasteiger partial charge in [-0.1, -0.05) is 20.8 Å². The maximum Gasteiger partial charge on any atom is 0.334 e. The standard InChI is InChI=1S/C21H24O8S/c1-9(2)19-14(27-19)15-21(28-15)17(3)5-4-10-11(7-24-16(10)22)12(17)6-13-20(21,26-13)18(19)8-25-30(23)29-18/h9,12-15H,4-8H2,1-3H3/t12-,13-,14-,15-,17-,18-,19-,20+,21+,30?/m0/s1. The third-order valence-corrected chi connectivity index (χ3v) is 10.7. The molecule has 1 unspecified atom stereocenters. The fourth-order valence-electron chi connectivity index (χ4n) is 8.69. The molecular formula is C21H24O8S. The third kappa shape index (κ3) is 1.38. The second-order valence-electron chi connectivity index (χ2n) is 10.8. The minimum atomic E-state index is -1.83. The van der Waals surface area contributed by atoms with Crippen LogP contribution in [-0.2, 0) is 43.5 Å². The Labute approximate surface area is 176 Å². The van der Waals surface area contributed by atoms with E-state index in [-0.39, 0.29) is 48.1 Å². The van der Waals surface area contributed by atoms with Gasteiger partial charge in [-0.15, -0.1) is 0 Å². The number of ether oxygens (including phenoxy) is 4. The summed E-state index contributed by atoms with van der Waals surface area (Å²) in [7, 11) is 0. The van der Waals surface area contributed by atoms with Gasteiger partial charge in [0.2, 0.25) is 0 Å². The molecule has 8 aliphatic rings. The number of hydrogen-bond acceptors (Lipinski definition) is 8. The lowest BCUT2D eigenvalue weighted by molar-refractivity contribution is -0.142. The van der Waals surface area contributed by atoms with E-state index >= 15 is 0 Å². The van der Waals surface area contributed by atoms with E-state index in [2.05, 4.69) is 20.8 Å². The lowest BCUT2D eigenvalue weighted by Crippen LogP contribution is -2.76. The van der Waals surface area contributed by atoms with Crippen LogP contribution in [0.4, 0.5) is 0 Å². The summed E-state index contributed by atoms with van der Waals surface area (Å²) in [5.41, 5.74) is -1.16. The van der Waals surface area contributed by atoms with E-state index in [0.717, 1.165) is 24.0 Å². The van der Waals surface area contributed by atoms with Crippen molar-refractivity contribution in [2.24, 2.45) is 17.3 Å². The number of cyclic esters (lactones) is 1. The Morgan fingerprint density at radius 1 is 1.13 bits per heavy atom. The normalized spacial score (nSPS) is 63.5. The van der Waals surface area contributed by atoms with Gasteiger partial charge in [0.15, 0.2) is 11.2 Å². The van der Waals surface area contributed by atoms with Gasteiger partial charge in [-0.2, -0.15) is 4.21 Å². The number of hydrogen-bond donors (Lipinski definition) is 0. The first kappa shape index (κ1) is 17.7. The number of rotatable bonds is 1. The summed E-state index contributed by atoms with van der Waals surface area (Å²) in [6.07, 6.45) is 1.97. The first-order valence-corrected chi connectivity index (χ1v) is 12.0. The number of fused-ring (bicyclic) bond motifs is 5. The van der Waals surface area contributed by atoms with E-state index in [1.54, 1.807) is 0 Å². The molecule has 0 amide bonds. The summed E-state index contributed by atoms with van der Waals surface area (Å²) in [5.74, 6) is 0.127. The second kappa shape index (κ2) is 4.61. The highest BCUT2D eigenvalue weighted by atomic mass is 32.2. The molecule has 162 valence electrons. The van der Waals surface area contributed by atoms with Crippen LogP contribution in [0.3, 0.4) is 0 Å². The van der Waals surface area contributed by atoms with E-state index < -0.39 is 33.8 Å². The Morgan fingerprint density at radius 3 is 2.70 bits per heavy atom. The van der Waals surface area contributed by atoms with Gasteiger partial charge in [0.25, 0.3) is 0 Å². The number of epoxide rings is 3. The Kier molecular flexibility index (Phi) is 2.71. The van der Waals surface area contributed by atoms with Gasteiger partial charge in [0, 0.05) is 11.0 Å². The van der Waals surface area contributed by atoms with Gasteiger partial charge >= 0.3 is 17.3 Å². The number of carbonyl (C=O) groups is 1. The van der Waals surface area contributed by atoms with E-state index in [9.17, 15) is 9.00 Å². The zero-order chi connectivity index (χ0) is 20.5. The molecule has 9 heteroatoms. The summed E-state index contributed by atoms with van der Waals surface area (Å²) in [5, 5.41) is 0. The summed E-state index contributed by atoms with van der Waals surface area (Å²) < 4.78 is 49.2. The molecule has 0 aromatic rings. The Hall–Kier alpha value is -0.840. The molecule has 2 saturated carbocycles. The van der Waals surface area contributed by atoms with Crippen molar-refractivity contribution >= 4 is 17.3 Å². The van der Waals surface area contributed by atoms with Crippen molar-refractivity contribution in [3.8, 4) is 0 Å². The largest absolute Gasteiger partial charge is 0.458 e. The molecule has 0 N–H and O–H groups in total. The number of esters is 1. The highest BCUT2D eigenvalue weighted by molar-refractivity contribution is 7.75. The minimum Gasteiger partial charge on any atom is -0.458 e. The lowest BCUT2D eigenvalue weighted by atomic mass is 9.44. The molecule has 4 saturated heterocycles. The van der Waals surface area contributed by atoms with Crippen LogP contribution in [0.5, 0.6) is 0 Å². The van der Waals surface area contributed by atoms with Crippen molar-refractivity contribution in [2.45, 2.75) is 80.7 Å². The van der Waals surface area contributed by atoms with Gasteiger partial charge in [0.1, 0.15) is 36.6 Å². The zero-order valence-electron chi connectivity index (χ0n) is 17.1. The third-order valence-electron chi connectivity index (χ3n) is 9.93. The zero-order valence-corrected chi connectivity index (χ0v) is 17.9. The molecule has 3 spiro atoms. The summed E-state index contributed by atoms with van der Waals surface area (Å²) in [6.45, 7) is 7.05. The Bertz CT molecular complexity index is 1010. The van der Waals surface area contributed by atoms with Crippen molar-refractivity contribution in [2.75, 3.05) is 13.2 Å². The van der Waals surface area contributed by atoms with Crippen LogP contribution in [-0.4, -0.2) is 64.1 Å². The van der Waals surface area contributed by atoms with Crippen LogP contribution in [0.25, 0.3) is 0 Å². The van der Waals surface area contributed by atoms with Gasteiger partial charge in [0.05, 0.1) is 6.10 Å². The molecule has 10 atom stereocenters. The lowest BCUT2D eigenvalue weighted by Gasteiger charge is -2.56. The molecule has 3 aliphatic carbocycles. The maximum atomic E-state index is 12.4. The molecule has 5 heterocycles. The molecule has 0 radical (unpaired) electrons. The van der Waals surface area contributed by atoms with Crippen LogP contribution >= 0.6 is 0 Å². The molecule has 6 fully saturated rings. The smallest absolute Gasteiger partial charge is 0.334 e. The van der Waals surface area contributed by atoms with Crippen molar-refractivity contribution in [1.29, 1.82) is 0 Å². The fourth-order valence-corrected chi connectivity index (χ4v) is 9.53. The first-order valence-electron chi connectivity index (χ1n) is 11.0. The van der Waals surface area contributed by atoms with Gasteiger partial charge < -0.3 is 18.9 Å². The van der Waals surface area contributed by atoms with Gasteiger partial charge in [-0.05, 0) is 36.7 Å². The molecule has 5 aliphatic heterocycles. The predicted octanol–water partition coefficient (Wildman–Crippen LogP) is 1.11. The van der Waals surface area contributed by atoms with Crippen molar-refractivity contribution in [1.82, 2.24) is 0 Å². The van der Waals surface area contributed by atoms with E-state index in [1.165, 1.54) is 0 Å². The first-order chi connectivity index (χ1) is 14.3. The molecule has 0 aromatic carbocycles. The summed E-state index contributed by atoms with van der Waals surface area (Å²) in [6, 6.07) is 0. The van der Waals surface area contributed by atoms with Crippen molar-refractivity contribution in [3.05, 3.63) is 11.1 Å². The van der Waals surface area contributed by atoms with Gasteiger partial charge in [-0.3, -0.25) is 8.37 Å². The van der Waals surface area contributed by atoms with Crippen molar-refractivity contribution in [3.63, 3.8) is 0 Å². The van der Waals surface area contributed by atoms with E-state index in [1.807, 2.05) is 0 Å². The summed E-state index contributed by atoms with van der Waals surface area (Å²) >= 11 is -1.83. The molecule has 8 nitrogen and oxygen atoms in total. The van der Waals surface area contributed by atoms with Crippen LogP contribution in [0, 0.1) is 17.3 Å². The molecule has 0 aromatic heterocycles. The second-order valence-corrected chi connectivity index (χ2v) is 11.6. The summed E-state index contributed by atoms with van der Waals surface area (Å²) in [4.78, 5) is 12.2. The van der Waals surface area contributed by atoms with Crippen LogP contribution < -0.4 is 0 Å². The van der Waals surface area contributed by atoms with Crippen LogP contribution in [0.15, 0.2) is 11.1 Å². The average Bonchev–Trinajstić information content (AvgIpc) is 3.61. The minimum absolute atomic E-state index is 0.0823. The molecule has 8 rings (SSSR count). The molecule has 0 bridgehead atoms. The van der Waals surface area contributed by atoms with Gasteiger partial charge in [-0.25, -0.2) is 4.79 Å². The van der Waals surface area contributed by atoms with E-state index in [4.69, 9.17) is 27.3 Å². The van der Waals surface area contributed by atoms with E-state index in [0.29, 0.717) is 13.0 Å². The topological polar surface area (TPSA) is 99.4 Å². The highest BCUT2D eigenvalue weighted by Gasteiger charge is 3.05. The van der Waals surface area contributed by atoms with Crippen LogP contribution in [0.1, 0.15) is 40.0 Å². The Balaban J connectivity index is 1.34. The number of carbonyl (C=O) groups excluding carboxylic acids is 1. The van der Waals surface area contributed by atoms with Crippen molar-refractivity contribution < 1.29 is 36.3 Å². The molecular weight excluding hydrogens is 412 g/mol. The Morgan fingerprint density at radius 2 is 1.97 bits per heavy atom. The monoisotopic (exact) mass is 436 g/mol. The molecule has 30 heavy (non-hydrogen) atoms. The SMILES string of the molecule is CC(C)[C@]12O[C@H]1[C@@H]1O[C@]13[C@]1(O[C@H]1C[C@H]1C4=C(CC[C@@]13C)C(=O)OC4)[C@]21COS(=O)O1.